The highest BCUT2D eigenvalue weighted by Crippen LogP contribution is 2.32. The molecule has 2 aromatic carbocycles. The SMILES string of the molecule is Cc1c(-c2ccccc2)oc2ccccc12. The second kappa shape index (κ2) is 3.53. The molecule has 16 heavy (non-hydrogen) atoms. The van der Waals surface area contributed by atoms with E-state index in [2.05, 4.69) is 25.1 Å². The number of hydrogen-bond acceptors (Lipinski definition) is 1. The lowest BCUT2D eigenvalue weighted by Gasteiger charge is -1.96. The molecule has 1 heteroatoms. The Bertz CT molecular complexity index is 620. The first-order valence-electron chi connectivity index (χ1n) is 5.40. The first-order chi connectivity index (χ1) is 7.86. The van der Waals surface area contributed by atoms with Crippen molar-refractivity contribution in [3.05, 3.63) is 60.2 Å². The molecule has 0 amide bonds. The third-order valence-electron chi connectivity index (χ3n) is 2.88. The molecule has 3 aromatic rings. The zero-order chi connectivity index (χ0) is 11.0. The quantitative estimate of drug-likeness (QED) is 0.577. The molecular weight excluding hydrogens is 196 g/mol. The Morgan fingerprint density at radius 1 is 0.812 bits per heavy atom. The van der Waals surface area contributed by atoms with Crippen LogP contribution in [0.4, 0.5) is 0 Å². The van der Waals surface area contributed by atoms with E-state index < -0.39 is 0 Å². The van der Waals surface area contributed by atoms with Crippen LogP contribution in [0.3, 0.4) is 0 Å². The fourth-order valence-electron chi connectivity index (χ4n) is 2.04. The largest absolute Gasteiger partial charge is 0.456 e. The summed E-state index contributed by atoms with van der Waals surface area (Å²) in [5.74, 6) is 0.974. The molecule has 0 aliphatic rings. The normalized spacial score (nSPS) is 10.8. The number of fused-ring (bicyclic) bond motifs is 1. The van der Waals surface area contributed by atoms with Crippen LogP contribution in [-0.4, -0.2) is 0 Å². The zero-order valence-electron chi connectivity index (χ0n) is 9.10. The highest BCUT2D eigenvalue weighted by molar-refractivity contribution is 5.87. The molecule has 1 heterocycles. The summed E-state index contributed by atoms with van der Waals surface area (Å²) in [5, 5.41) is 1.20. The molecular formula is C15H12O. The van der Waals surface area contributed by atoms with Crippen molar-refractivity contribution in [2.45, 2.75) is 6.92 Å². The zero-order valence-corrected chi connectivity index (χ0v) is 9.10. The van der Waals surface area contributed by atoms with Gasteiger partial charge in [-0.15, -0.1) is 0 Å². The van der Waals surface area contributed by atoms with Crippen LogP contribution < -0.4 is 0 Å². The summed E-state index contributed by atoms with van der Waals surface area (Å²) in [6.45, 7) is 2.11. The summed E-state index contributed by atoms with van der Waals surface area (Å²) < 4.78 is 5.88. The number of benzene rings is 2. The predicted octanol–water partition coefficient (Wildman–Crippen LogP) is 4.41. The minimum Gasteiger partial charge on any atom is -0.456 e. The van der Waals surface area contributed by atoms with Crippen molar-refractivity contribution in [1.82, 2.24) is 0 Å². The van der Waals surface area contributed by atoms with Crippen molar-refractivity contribution < 1.29 is 4.42 Å². The molecule has 3 rings (SSSR count). The monoisotopic (exact) mass is 208 g/mol. The van der Waals surface area contributed by atoms with E-state index in [1.807, 2.05) is 36.4 Å². The molecule has 0 saturated heterocycles. The number of furan rings is 1. The molecule has 0 aliphatic carbocycles. The van der Waals surface area contributed by atoms with Gasteiger partial charge < -0.3 is 4.42 Å². The third kappa shape index (κ3) is 1.33. The minimum absolute atomic E-state index is 0.957. The van der Waals surface area contributed by atoms with E-state index in [0.717, 1.165) is 16.9 Å². The van der Waals surface area contributed by atoms with Crippen LogP contribution in [0.15, 0.2) is 59.0 Å². The minimum atomic E-state index is 0.957. The first kappa shape index (κ1) is 9.22. The van der Waals surface area contributed by atoms with E-state index in [0.29, 0.717) is 0 Å². The fourth-order valence-corrected chi connectivity index (χ4v) is 2.04. The maximum absolute atomic E-state index is 5.88. The molecule has 0 aliphatic heterocycles. The van der Waals surface area contributed by atoms with Crippen molar-refractivity contribution in [3.8, 4) is 11.3 Å². The Kier molecular flexibility index (Phi) is 2.03. The second-order valence-corrected chi connectivity index (χ2v) is 3.92. The van der Waals surface area contributed by atoms with Gasteiger partial charge in [0.2, 0.25) is 0 Å². The standard InChI is InChI=1S/C15H12O/c1-11-13-9-5-6-10-14(13)16-15(11)12-7-3-2-4-8-12/h2-10H,1H3. The van der Waals surface area contributed by atoms with Crippen LogP contribution in [-0.2, 0) is 0 Å². The topological polar surface area (TPSA) is 13.1 Å². The van der Waals surface area contributed by atoms with Gasteiger partial charge in [-0.05, 0) is 13.0 Å². The van der Waals surface area contributed by atoms with Gasteiger partial charge in [-0.3, -0.25) is 0 Å². The molecule has 1 aromatic heterocycles. The van der Waals surface area contributed by atoms with Crippen LogP contribution in [0.1, 0.15) is 5.56 Å². The lowest BCUT2D eigenvalue weighted by Crippen LogP contribution is -1.75. The summed E-state index contributed by atoms with van der Waals surface area (Å²) in [6.07, 6.45) is 0. The number of hydrogen-bond donors (Lipinski definition) is 0. The Balaban J connectivity index is 2.29. The smallest absolute Gasteiger partial charge is 0.138 e. The summed E-state index contributed by atoms with van der Waals surface area (Å²) in [6, 6.07) is 18.4. The van der Waals surface area contributed by atoms with Crippen molar-refractivity contribution in [3.63, 3.8) is 0 Å². The number of aryl methyl sites for hydroxylation is 1. The van der Waals surface area contributed by atoms with Crippen molar-refractivity contribution in [2.24, 2.45) is 0 Å². The van der Waals surface area contributed by atoms with E-state index in [4.69, 9.17) is 4.42 Å². The highest BCUT2D eigenvalue weighted by Gasteiger charge is 2.10. The van der Waals surface area contributed by atoms with E-state index >= 15 is 0 Å². The summed E-state index contributed by atoms with van der Waals surface area (Å²) in [5.41, 5.74) is 3.30. The van der Waals surface area contributed by atoms with Crippen LogP contribution >= 0.6 is 0 Å². The Morgan fingerprint density at radius 3 is 2.25 bits per heavy atom. The summed E-state index contributed by atoms with van der Waals surface area (Å²) in [7, 11) is 0. The van der Waals surface area contributed by atoms with Gasteiger partial charge in [-0.25, -0.2) is 0 Å². The van der Waals surface area contributed by atoms with E-state index in [1.165, 1.54) is 10.9 Å². The van der Waals surface area contributed by atoms with Gasteiger partial charge in [0, 0.05) is 16.5 Å². The van der Waals surface area contributed by atoms with Crippen molar-refractivity contribution >= 4 is 11.0 Å². The van der Waals surface area contributed by atoms with Gasteiger partial charge in [0.15, 0.2) is 0 Å². The molecule has 0 atom stereocenters. The van der Waals surface area contributed by atoms with Crippen molar-refractivity contribution in [2.75, 3.05) is 0 Å². The van der Waals surface area contributed by atoms with Crippen molar-refractivity contribution in [1.29, 1.82) is 0 Å². The molecule has 0 saturated carbocycles. The lowest BCUT2D eigenvalue weighted by atomic mass is 10.1. The highest BCUT2D eigenvalue weighted by atomic mass is 16.3. The molecule has 1 nitrogen and oxygen atoms in total. The molecule has 78 valence electrons. The molecule has 0 radical (unpaired) electrons. The van der Waals surface area contributed by atoms with Crippen LogP contribution in [0.2, 0.25) is 0 Å². The Hall–Kier alpha value is -2.02. The van der Waals surface area contributed by atoms with Gasteiger partial charge in [0.05, 0.1) is 0 Å². The predicted molar refractivity (Wildman–Crippen MR) is 66.4 cm³/mol. The number of rotatable bonds is 1. The van der Waals surface area contributed by atoms with E-state index in [9.17, 15) is 0 Å². The molecule has 0 unspecified atom stereocenters. The molecule has 0 bridgehead atoms. The van der Waals surface area contributed by atoms with E-state index in [1.54, 1.807) is 0 Å². The van der Waals surface area contributed by atoms with Gasteiger partial charge in [0.25, 0.3) is 0 Å². The van der Waals surface area contributed by atoms with Gasteiger partial charge in [-0.1, -0.05) is 48.5 Å². The molecule has 0 fully saturated rings. The Morgan fingerprint density at radius 2 is 1.50 bits per heavy atom. The maximum atomic E-state index is 5.88. The molecule has 0 spiro atoms. The van der Waals surface area contributed by atoms with Gasteiger partial charge >= 0.3 is 0 Å². The summed E-state index contributed by atoms with van der Waals surface area (Å²) in [4.78, 5) is 0. The third-order valence-corrected chi connectivity index (χ3v) is 2.88. The lowest BCUT2D eigenvalue weighted by molar-refractivity contribution is 0.629. The molecule has 0 N–H and O–H groups in total. The van der Waals surface area contributed by atoms with Gasteiger partial charge in [-0.2, -0.15) is 0 Å². The van der Waals surface area contributed by atoms with Crippen LogP contribution in [0, 0.1) is 6.92 Å². The summed E-state index contributed by atoms with van der Waals surface area (Å²) >= 11 is 0. The average molecular weight is 208 g/mol. The van der Waals surface area contributed by atoms with Crippen LogP contribution in [0.25, 0.3) is 22.3 Å². The second-order valence-electron chi connectivity index (χ2n) is 3.92. The Labute approximate surface area is 94.3 Å². The van der Waals surface area contributed by atoms with E-state index in [-0.39, 0.29) is 0 Å². The average Bonchev–Trinajstić information content (AvgIpc) is 2.69. The first-order valence-corrected chi connectivity index (χ1v) is 5.40. The van der Waals surface area contributed by atoms with Gasteiger partial charge in [0.1, 0.15) is 11.3 Å². The maximum Gasteiger partial charge on any atom is 0.138 e. The number of para-hydroxylation sites is 1. The van der Waals surface area contributed by atoms with Crippen LogP contribution in [0.5, 0.6) is 0 Å². The fraction of sp³-hybridized carbons (Fsp3) is 0.0667.